The van der Waals surface area contributed by atoms with E-state index in [1.165, 1.54) is 0 Å². The number of halogens is 1. The number of benzene rings is 1. The number of nitrogens with zero attached hydrogens (tertiary/aromatic N) is 2. The first-order valence-corrected chi connectivity index (χ1v) is 7.91. The molecule has 2 rings (SSSR count). The fourth-order valence-electron chi connectivity index (χ4n) is 3.08. The Bertz CT molecular complexity index is 459. The van der Waals surface area contributed by atoms with Crippen LogP contribution in [0.2, 0.25) is 0 Å². The molecule has 1 aliphatic heterocycles. The highest BCUT2D eigenvalue weighted by atomic mass is 19.1. The van der Waals surface area contributed by atoms with Crippen LogP contribution in [0, 0.1) is 5.82 Å². The van der Waals surface area contributed by atoms with Gasteiger partial charge in [0.25, 0.3) is 0 Å². The first-order valence-electron chi connectivity index (χ1n) is 7.91. The number of para-hydroxylation sites is 1. The van der Waals surface area contributed by atoms with E-state index in [1.54, 1.807) is 6.07 Å². The molecule has 1 fully saturated rings. The van der Waals surface area contributed by atoms with Crippen molar-refractivity contribution in [2.75, 3.05) is 32.1 Å². The number of hydrogen-bond acceptors (Lipinski definition) is 3. The van der Waals surface area contributed by atoms with Crippen LogP contribution in [0.25, 0.3) is 0 Å². The predicted octanol–water partition coefficient (Wildman–Crippen LogP) is 2.85. The van der Waals surface area contributed by atoms with E-state index in [4.69, 9.17) is 0 Å². The average molecular weight is 293 g/mol. The van der Waals surface area contributed by atoms with Gasteiger partial charge in [0, 0.05) is 31.7 Å². The molecule has 4 heteroatoms. The summed E-state index contributed by atoms with van der Waals surface area (Å²) >= 11 is 0. The van der Waals surface area contributed by atoms with Gasteiger partial charge >= 0.3 is 0 Å². The lowest BCUT2D eigenvalue weighted by Crippen LogP contribution is -2.39. The lowest BCUT2D eigenvalue weighted by molar-refractivity contribution is 0.371. The summed E-state index contributed by atoms with van der Waals surface area (Å²) in [6.45, 7) is 6.88. The van der Waals surface area contributed by atoms with Crippen molar-refractivity contribution in [3.05, 3.63) is 29.6 Å². The zero-order valence-corrected chi connectivity index (χ0v) is 13.7. The second kappa shape index (κ2) is 7.23. The van der Waals surface area contributed by atoms with E-state index in [2.05, 4.69) is 43.1 Å². The molecule has 118 valence electrons. The second-order valence-electron chi connectivity index (χ2n) is 6.53. The number of likely N-dealkylation sites (N-methyl/N-ethyl adjacent to an activating group) is 1. The van der Waals surface area contributed by atoms with Crippen molar-refractivity contribution in [2.45, 2.75) is 45.3 Å². The molecular formula is C17H28FN3. The van der Waals surface area contributed by atoms with Crippen LogP contribution in [0.15, 0.2) is 18.2 Å². The molecule has 0 radical (unpaired) electrons. The number of rotatable bonds is 6. The molecule has 21 heavy (non-hydrogen) atoms. The zero-order valence-electron chi connectivity index (χ0n) is 13.7. The highest BCUT2D eigenvalue weighted by Gasteiger charge is 2.28. The van der Waals surface area contributed by atoms with Crippen molar-refractivity contribution in [1.82, 2.24) is 10.2 Å². The van der Waals surface area contributed by atoms with E-state index in [0.29, 0.717) is 12.1 Å². The summed E-state index contributed by atoms with van der Waals surface area (Å²) in [4.78, 5) is 4.46. The van der Waals surface area contributed by atoms with Gasteiger partial charge < -0.3 is 15.1 Å². The monoisotopic (exact) mass is 293 g/mol. The van der Waals surface area contributed by atoms with Gasteiger partial charge in [-0.15, -0.1) is 0 Å². The summed E-state index contributed by atoms with van der Waals surface area (Å²) in [5, 5.41) is 3.40. The largest absolute Gasteiger partial charge is 0.365 e. The quantitative estimate of drug-likeness (QED) is 0.870. The molecule has 1 heterocycles. The number of anilines is 1. The minimum Gasteiger partial charge on any atom is -0.365 e. The molecule has 1 aromatic rings. The molecule has 1 aromatic carbocycles. The van der Waals surface area contributed by atoms with Gasteiger partial charge in [-0.25, -0.2) is 4.39 Å². The van der Waals surface area contributed by atoms with Crippen molar-refractivity contribution in [2.24, 2.45) is 0 Å². The summed E-state index contributed by atoms with van der Waals surface area (Å²) < 4.78 is 14.5. The third kappa shape index (κ3) is 4.17. The van der Waals surface area contributed by atoms with Crippen molar-refractivity contribution in [1.29, 1.82) is 0 Å². The van der Waals surface area contributed by atoms with Crippen molar-refractivity contribution in [3.8, 4) is 0 Å². The van der Waals surface area contributed by atoms with Gasteiger partial charge in [-0.05, 0) is 38.6 Å². The molecule has 1 unspecified atom stereocenters. The highest BCUT2D eigenvalue weighted by Crippen LogP contribution is 2.31. The van der Waals surface area contributed by atoms with E-state index < -0.39 is 0 Å². The van der Waals surface area contributed by atoms with Crippen molar-refractivity contribution in [3.63, 3.8) is 0 Å². The first-order chi connectivity index (χ1) is 9.99. The Hall–Kier alpha value is -1.13. The number of nitrogens with one attached hydrogen (secondary N) is 1. The van der Waals surface area contributed by atoms with Crippen LogP contribution in [-0.4, -0.2) is 44.2 Å². The molecule has 1 aliphatic rings. The lowest BCUT2D eigenvalue weighted by atomic mass is 10.1. The molecule has 3 nitrogen and oxygen atoms in total. The van der Waals surface area contributed by atoms with E-state index in [1.807, 2.05) is 12.1 Å². The molecule has 1 saturated heterocycles. The molecule has 0 amide bonds. The molecule has 0 aromatic heterocycles. The predicted molar refractivity (Wildman–Crippen MR) is 87.3 cm³/mol. The topological polar surface area (TPSA) is 18.5 Å². The molecule has 1 atom stereocenters. The SMILES string of the molecule is CC(C)NCc1cccc(F)c1N1CCCC1CN(C)C. The smallest absolute Gasteiger partial charge is 0.146 e. The van der Waals surface area contributed by atoms with E-state index >= 15 is 0 Å². The summed E-state index contributed by atoms with van der Waals surface area (Å²) in [6.07, 6.45) is 2.29. The Morgan fingerprint density at radius 3 is 2.81 bits per heavy atom. The molecule has 1 N–H and O–H groups in total. The molecule has 0 aliphatic carbocycles. The van der Waals surface area contributed by atoms with Crippen LogP contribution in [0.1, 0.15) is 32.3 Å². The maximum absolute atomic E-state index is 14.5. The van der Waals surface area contributed by atoms with Gasteiger partial charge in [-0.2, -0.15) is 0 Å². The summed E-state index contributed by atoms with van der Waals surface area (Å²) in [7, 11) is 4.16. The summed E-state index contributed by atoms with van der Waals surface area (Å²) in [5.41, 5.74) is 1.87. The van der Waals surface area contributed by atoms with Crippen LogP contribution < -0.4 is 10.2 Å². The summed E-state index contributed by atoms with van der Waals surface area (Å²) in [6, 6.07) is 6.25. The third-order valence-corrected chi connectivity index (χ3v) is 4.01. The van der Waals surface area contributed by atoms with Crippen LogP contribution in [0.3, 0.4) is 0 Å². The van der Waals surface area contributed by atoms with E-state index in [-0.39, 0.29) is 5.82 Å². The Balaban J connectivity index is 2.24. The van der Waals surface area contributed by atoms with Gasteiger partial charge in [0.1, 0.15) is 5.82 Å². The number of hydrogen-bond donors (Lipinski definition) is 1. The molecular weight excluding hydrogens is 265 g/mol. The zero-order chi connectivity index (χ0) is 15.4. The normalized spacial score (nSPS) is 19.0. The second-order valence-corrected chi connectivity index (χ2v) is 6.53. The Labute approximate surface area is 128 Å². The maximum Gasteiger partial charge on any atom is 0.146 e. The van der Waals surface area contributed by atoms with Gasteiger partial charge in [-0.1, -0.05) is 26.0 Å². The fourth-order valence-corrected chi connectivity index (χ4v) is 3.08. The maximum atomic E-state index is 14.5. The van der Waals surface area contributed by atoms with Crippen LogP contribution in [0.5, 0.6) is 0 Å². The van der Waals surface area contributed by atoms with Gasteiger partial charge in [0.2, 0.25) is 0 Å². The minimum atomic E-state index is -0.0938. The fraction of sp³-hybridized carbons (Fsp3) is 0.647. The Kier molecular flexibility index (Phi) is 5.59. The minimum absolute atomic E-state index is 0.0938. The van der Waals surface area contributed by atoms with Gasteiger partial charge in [0.15, 0.2) is 0 Å². The van der Waals surface area contributed by atoms with Crippen molar-refractivity contribution >= 4 is 5.69 Å². The van der Waals surface area contributed by atoms with Crippen LogP contribution >= 0.6 is 0 Å². The molecule has 0 saturated carbocycles. The summed E-state index contributed by atoms with van der Waals surface area (Å²) in [5.74, 6) is -0.0938. The third-order valence-electron chi connectivity index (χ3n) is 4.01. The standard InChI is InChI=1S/C17H28FN3/c1-13(2)19-11-14-7-5-9-16(18)17(14)21-10-6-8-15(21)12-20(3)4/h5,7,9,13,15,19H,6,8,10-12H2,1-4H3. The van der Waals surface area contributed by atoms with Crippen LogP contribution in [0.4, 0.5) is 10.1 Å². The van der Waals surface area contributed by atoms with Crippen LogP contribution in [-0.2, 0) is 6.54 Å². The molecule has 0 spiro atoms. The Morgan fingerprint density at radius 1 is 1.38 bits per heavy atom. The first kappa shape index (κ1) is 16.2. The lowest BCUT2D eigenvalue weighted by Gasteiger charge is -2.31. The van der Waals surface area contributed by atoms with E-state index in [9.17, 15) is 4.39 Å². The highest BCUT2D eigenvalue weighted by molar-refractivity contribution is 5.56. The Morgan fingerprint density at radius 2 is 2.14 bits per heavy atom. The molecule has 0 bridgehead atoms. The van der Waals surface area contributed by atoms with Gasteiger partial charge in [0.05, 0.1) is 5.69 Å². The van der Waals surface area contributed by atoms with E-state index in [0.717, 1.165) is 43.7 Å². The average Bonchev–Trinajstić information content (AvgIpc) is 2.83. The van der Waals surface area contributed by atoms with Crippen molar-refractivity contribution < 1.29 is 4.39 Å². The van der Waals surface area contributed by atoms with Gasteiger partial charge in [-0.3, -0.25) is 0 Å².